The van der Waals surface area contributed by atoms with E-state index in [0.717, 1.165) is 56.2 Å². The van der Waals surface area contributed by atoms with Gasteiger partial charge in [0.2, 0.25) is 0 Å². The lowest BCUT2D eigenvalue weighted by atomic mass is 9.98. The Labute approximate surface area is 220 Å². The molecule has 6 heteroatoms. The minimum atomic E-state index is -0.191. The maximum Gasteiger partial charge on any atom is 0.321 e. The van der Waals surface area contributed by atoms with Gasteiger partial charge in [-0.25, -0.2) is 4.79 Å². The fraction of sp³-hybridized carbons (Fsp3) is 0.387. The van der Waals surface area contributed by atoms with Crippen molar-refractivity contribution in [1.82, 2.24) is 14.7 Å². The van der Waals surface area contributed by atoms with Crippen molar-refractivity contribution in [3.8, 4) is 11.5 Å². The summed E-state index contributed by atoms with van der Waals surface area (Å²) in [6.07, 6.45) is 1.98. The molecule has 194 valence electrons. The molecule has 3 aromatic rings. The van der Waals surface area contributed by atoms with Crippen LogP contribution in [0.2, 0.25) is 0 Å². The van der Waals surface area contributed by atoms with E-state index in [4.69, 9.17) is 10.5 Å². The second-order valence-corrected chi connectivity index (χ2v) is 11.2. The highest BCUT2D eigenvalue weighted by molar-refractivity contribution is 5.79. The van der Waals surface area contributed by atoms with E-state index >= 15 is 0 Å². The third-order valence-electron chi connectivity index (χ3n) is 7.53. The molecule has 0 saturated carbocycles. The maximum atomic E-state index is 13.6. The lowest BCUT2D eigenvalue weighted by Gasteiger charge is -2.39. The lowest BCUT2D eigenvalue weighted by Crippen LogP contribution is -2.49. The van der Waals surface area contributed by atoms with Crippen molar-refractivity contribution in [2.45, 2.75) is 57.8 Å². The number of carbonyl (C=O) groups excluding carboxylic acids is 1. The van der Waals surface area contributed by atoms with Crippen LogP contribution in [0.5, 0.6) is 11.5 Å². The summed E-state index contributed by atoms with van der Waals surface area (Å²) in [6, 6.07) is 26.8. The number of hydrogen-bond acceptors (Lipinski definition) is 4. The van der Waals surface area contributed by atoms with Gasteiger partial charge in [0, 0.05) is 43.4 Å². The minimum absolute atomic E-state index is 0.109. The average Bonchev–Trinajstić information content (AvgIpc) is 3.25. The molecule has 2 N–H and O–H groups in total. The van der Waals surface area contributed by atoms with Crippen LogP contribution in [0.3, 0.4) is 0 Å². The van der Waals surface area contributed by atoms with E-state index < -0.39 is 0 Å². The number of amides is 2. The van der Waals surface area contributed by atoms with Gasteiger partial charge < -0.3 is 20.3 Å². The number of piperidine rings is 1. The molecular weight excluding hydrogens is 460 g/mol. The third kappa shape index (κ3) is 5.75. The molecule has 0 radical (unpaired) electrons. The predicted octanol–water partition coefficient (Wildman–Crippen LogP) is 6.30. The highest BCUT2D eigenvalue weighted by Gasteiger charge is 2.46. The van der Waals surface area contributed by atoms with Crippen molar-refractivity contribution in [2.75, 3.05) is 25.4 Å². The Balaban J connectivity index is 1.20. The normalized spacial score (nSPS) is 19.4. The Morgan fingerprint density at radius 3 is 2.05 bits per heavy atom. The van der Waals surface area contributed by atoms with Crippen LogP contribution in [-0.4, -0.2) is 51.9 Å². The number of carbonyl (C=O) groups is 1. The van der Waals surface area contributed by atoms with Gasteiger partial charge in [-0.2, -0.15) is 0 Å². The number of nitrogen functional groups attached to an aromatic ring is 1. The largest absolute Gasteiger partial charge is 0.457 e. The van der Waals surface area contributed by atoms with E-state index in [0.29, 0.717) is 0 Å². The van der Waals surface area contributed by atoms with Crippen molar-refractivity contribution in [1.29, 1.82) is 0 Å². The number of urea groups is 1. The lowest BCUT2D eigenvalue weighted by molar-refractivity contribution is 0.105. The van der Waals surface area contributed by atoms with Gasteiger partial charge in [-0.15, -0.1) is 0 Å². The summed E-state index contributed by atoms with van der Waals surface area (Å²) in [7, 11) is 0. The molecule has 1 unspecified atom stereocenters. The molecule has 2 amide bonds. The third-order valence-corrected chi connectivity index (χ3v) is 7.53. The quantitative estimate of drug-likeness (QED) is 0.405. The molecule has 0 aliphatic carbocycles. The molecule has 0 spiro atoms. The Kier molecular flexibility index (Phi) is 7.11. The molecule has 2 saturated heterocycles. The Hall–Kier alpha value is -3.51. The van der Waals surface area contributed by atoms with Crippen molar-refractivity contribution in [3.05, 3.63) is 90.0 Å². The molecule has 2 fully saturated rings. The predicted molar refractivity (Wildman–Crippen MR) is 149 cm³/mol. The number of likely N-dealkylation sites (tertiary alicyclic amines) is 1. The number of anilines is 1. The van der Waals surface area contributed by atoms with Gasteiger partial charge in [-0.1, -0.05) is 42.5 Å². The molecule has 6 nitrogen and oxygen atoms in total. The van der Waals surface area contributed by atoms with E-state index in [2.05, 4.69) is 67.0 Å². The Morgan fingerprint density at radius 1 is 0.865 bits per heavy atom. The van der Waals surface area contributed by atoms with Gasteiger partial charge in [0.25, 0.3) is 0 Å². The minimum Gasteiger partial charge on any atom is -0.457 e. The first-order chi connectivity index (χ1) is 17.8. The first kappa shape index (κ1) is 25.2. The summed E-state index contributed by atoms with van der Waals surface area (Å²) in [4.78, 5) is 20.3. The monoisotopic (exact) mass is 498 g/mol. The molecule has 2 aliphatic heterocycles. The molecule has 0 bridgehead atoms. The summed E-state index contributed by atoms with van der Waals surface area (Å²) in [6.45, 7) is 10.0. The number of ether oxygens (including phenoxy) is 1. The molecule has 5 rings (SSSR count). The van der Waals surface area contributed by atoms with Crippen LogP contribution < -0.4 is 10.5 Å². The zero-order valence-corrected chi connectivity index (χ0v) is 22.1. The topological polar surface area (TPSA) is 62.0 Å². The van der Waals surface area contributed by atoms with Crippen molar-refractivity contribution >= 4 is 11.7 Å². The number of nitrogens with two attached hydrogens (primary N) is 1. The van der Waals surface area contributed by atoms with Crippen LogP contribution in [0, 0.1) is 0 Å². The van der Waals surface area contributed by atoms with Crippen molar-refractivity contribution in [2.24, 2.45) is 0 Å². The van der Waals surface area contributed by atoms with E-state index in [9.17, 15) is 4.79 Å². The number of hydrogen-bond donors (Lipinski definition) is 1. The van der Waals surface area contributed by atoms with Gasteiger partial charge in [-0.05, 0) is 81.1 Å². The molecular formula is C31H38N4O2. The Bertz CT molecular complexity index is 1180. The van der Waals surface area contributed by atoms with Gasteiger partial charge in [-0.3, -0.25) is 4.90 Å². The zero-order valence-electron chi connectivity index (χ0n) is 22.1. The summed E-state index contributed by atoms with van der Waals surface area (Å²) in [5.41, 5.74) is 8.78. The molecule has 0 aromatic heterocycles. The smallest absolute Gasteiger partial charge is 0.321 e. The van der Waals surface area contributed by atoms with E-state index in [1.807, 2.05) is 47.4 Å². The first-order valence-corrected chi connectivity index (χ1v) is 13.3. The Morgan fingerprint density at radius 2 is 1.46 bits per heavy atom. The highest BCUT2D eigenvalue weighted by atomic mass is 16.5. The standard InChI is InChI=1S/C31H38N4O2/c1-31(2,3)34-22-29(24-7-5-4-6-8-24)35(30(34)36)26-17-19-33(20-18-26)21-23-9-13-27(14-10-23)37-28-15-11-25(32)12-16-28/h4-16,26,29H,17-22,32H2,1-3H3. The maximum absolute atomic E-state index is 13.6. The van der Waals surface area contributed by atoms with Crippen LogP contribution >= 0.6 is 0 Å². The summed E-state index contributed by atoms with van der Waals surface area (Å²) >= 11 is 0. The second kappa shape index (κ2) is 10.5. The fourth-order valence-corrected chi connectivity index (χ4v) is 5.47. The fourth-order valence-electron chi connectivity index (χ4n) is 5.47. The average molecular weight is 499 g/mol. The molecule has 3 aromatic carbocycles. The number of nitrogens with zero attached hydrogens (tertiary/aromatic N) is 3. The molecule has 2 aliphatic rings. The summed E-state index contributed by atoms with van der Waals surface area (Å²) in [5, 5.41) is 0. The van der Waals surface area contributed by atoms with Gasteiger partial charge in [0.05, 0.1) is 6.04 Å². The first-order valence-electron chi connectivity index (χ1n) is 13.3. The van der Waals surface area contributed by atoms with Gasteiger partial charge in [0.15, 0.2) is 0 Å². The molecule has 37 heavy (non-hydrogen) atoms. The van der Waals surface area contributed by atoms with Crippen LogP contribution in [0.1, 0.15) is 50.8 Å². The second-order valence-electron chi connectivity index (χ2n) is 11.2. The highest BCUT2D eigenvalue weighted by Crippen LogP contribution is 2.37. The zero-order chi connectivity index (χ0) is 26.0. The van der Waals surface area contributed by atoms with E-state index in [1.165, 1.54) is 11.1 Å². The molecule has 2 heterocycles. The van der Waals surface area contributed by atoms with E-state index in [-0.39, 0.29) is 23.7 Å². The SMILES string of the molecule is CC(C)(C)N1CC(c2ccccc2)N(C2CCN(Cc3ccc(Oc4ccc(N)cc4)cc3)CC2)C1=O. The number of rotatable bonds is 6. The van der Waals surface area contributed by atoms with Gasteiger partial charge >= 0.3 is 6.03 Å². The summed E-state index contributed by atoms with van der Waals surface area (Å²) in [5.74, 6) is 1.59. The van der Waals surface area contributed by atoms with Crippen molar-refractivity contribution < 1.29 is 9.53 Å². The molecule has 1 atom stereocenters. The van der Waals surface area contributed by atoms with Crippen LogP contribution in [-0.2, 0) is 6.54 Å². The summed E-state index contributed by atoms with van der Waals surface area (Å²) < 4.78 is 5.93. The van der Waals surface area contributed by atoms with Crippen molar-refractivity contribution in [3.63, 3.8) is 0 Å². The van der Waals surface area contributed by atoms with Crippen LogP contribution in [0.15, 0.2) is 78.9 Å². The number of benzene rings is 3. The van der Waals surface area contributed by atoms with Gasteiger partial charge in [0.1, 0.15) is 11.5 Å². The van der Waals surface area contributed by atoms with Crippen LogP contribution in [0.25, 0.3) is 0 Å². The van der Waals surface area contributed by atoms with Crippen LogP contribution in [0.4, 0.5) is 10.5 Å². The van der Waals surface area contributed by atoms with E-state index in [1.54, 1.807) is 0 Å².